The predicted molar refractivity (Wildman–Crippen MR) is 161 cm³/mol. The van der Waals surface area contributed by atoms with Gasteiger partial charge in [-0.1, -0.05) is 109 Å². The molecular weight excluding hydrogens is 464 g/mol. The second-order valence-corrected chi connectivity index (χ2v) is 10.0. The zero-order valence-electron chi connectivity index (χ0n) is 21.9. The number of aromatic nitrogens is 1. The molecule has 3 heteroatoms. The topological polar surface area (TPSA) is 37.2 Å². The Hall–Kier alpha value is -4.34. The molecule has 0 aliphatic heterocycles. The molecule has 0 bridgehead atoms. The van der Waals surface area contributed by atoms with E-state index in [1.807, 2.05) is 0 Å². The molecule has 6 rings (SSSR count). The Morgan fingerprint density at radius 1 is 0.684 bits per heavy atom. The molecule has 1 aromatic heterocycles. The highest BCUT2D eigenvalue weighted by atomic mass is 16.3. The van der Waals surface area contributed by atoms with Crippen molar-refractivity contribution in [3.63, 3.8) is 0 Å². The Kier molecular flexibility index (Phi) is 6.45. The number of aliphatic hydroxyl groups excluding tert-OH is 1. The summed E-state index contributed by atoms with van der Waals surface area (Å²) in [4.78, 5) is 0. The van der Waals surface area contributed by atoms with E-state index in [0.29, 0.717) is 13.1 Å². The maximum atomic E-state index is 11.4. The molecule has 0 spiro atoms. The van der Waals surface area contributed by atoms with Crippen LogP contribution in [0.2, 0.25) is 0 Å². The predicted octanol–water partition coefficient (Wildman–Crippen LogP) is 8.22. The summed E-state index contributed by atoms with van der Waals surface area (Å²) in [5.41, 5.74) is 9.34. The van der Waals surface area contributed by atoms with Crippen LogP contribution >= 0.6 is 0 Å². The lowest BCUT2D eigenvalue weighted by Crippen LogP contribution is -2.25. The van der Waals surface area contributed by atoms with Gasteiger partial charge in [-0.05, 0) is 47.6 Å². The van der Waals surface area contributed by atoms with Crippen LogP contribution in [0.25, 0.3) is 44.1 Å². The summed E-state index contributed by atoms with van der Waals surface area (Å²) >= 11 is 0. The van der Waals surface area contributed by atoms with Crippen molar-refractivity contribution in [2.45, 2.75) is 26.5 Å². The van der Waals surface area contributed by atoms with Crippen molar-refractivity contribution >= 4 is 27.4 Å². The van der Waals surface area contributed by atoms with E-state index < -0.39 is 6.10 Å². The lowest BCUT2D eigenvalue weighted by Gasteiger charge is -2.19. The molecule has 0 unspecified atom stereocenters. The van der Waals surface area contributed by atoms with Crippen LogP contribution in [0, 0.1) is 13.8 Å². The summed E-state index contributed by atoms with van der Waals surface area (Å²) in [5, 5.41) is 18.5. The molecule has 0 aliphatic carbocycles. The summed E-state index contributed by atoms with van der Waals surface area (Å²) in [6.45, 7) is 5.17. The first kappa shape index (κ1) is 24.0. The second-order valence-electron chi connectivity index (χ2n) is 10.0. The fraction of sp³-hybridized carbons (Fsp3) is 0.143. The largest absolute Gasteiger partial charge is 0.389 e. The third kappa shape index (κ3) is 4.36. The highest BCUT2D eigenvalue weighted by Gasteiger charge is 2.23. The zero-order valence-corrected chi connectivity index (χ0v) is 21.9. The first-order valence-electron chi connectivity index (χ1n) is 13.2. The van der Waals surface area contributed by atoms with Gasteiger partial charge in [0.25, 0.3) is 0 Å². The smallest absolute Gasteiger partial charge is 0.0891 e. The van der Waals surface area contributed by atoms with E-state index in [4.69, 9.17) is 0 Å². The van der Waals surface area contributed by atoms with E-state index >= 15 is 0 Å². The van der Waals surface area contributed by atoms with E-state index in [1.54, 1.807) is 0 Å². The number of aliphatic hydroxyl groups is 1. The first-order valence-corrected chi connectivity index (χ1v) is 13.2. The molecular formula is C35H32N2O. The van der Waals surface area contributed by atoms with Gasteiger partial charge in [0.15, 0.2) is 0 Å². The van der Waals surface area contributed by atoms with E-state index in [2.05, 4.69) is 139 Å². The van der Waals surface area contributed by atoms with Crippen LogP contribution in [0.1, 0.15) is 11.1 Å². The summed E-state index contributed by atoms with van der Waals surface area (Å²) in [5.74, 6) is 0. The van der Waals surface area contributed by atoms with Crippen molar-refractivity contribution in [1.82, 2.24) is 4.57 Å². The molecule has 2 N–H and O–H groups in total. The van der Waals surface area contributed by atoms with Gasteiger partial charge in [-0.15, -0.1) is 0 Å². The van der Waals surface area contributed by atoms with E-state index in [-0.39, 0.29) is 0 Å². The van der Waals surface area contributed by atoms with Gasteiger partial charge in [0, 0.05) is 28.6 Å². The van der Waals surface area contributed by atoms with Gasteiger partial charge < -0.3 is 15.0 Å². The molecule has 38 heavy (non-hydrogen) atoms. The molecule has 1 atom stereocenters. The molecule has 0 radical (unpaired) electrons. The molecule has 1 heterocycles. The van der Waals surface area contributed by atoms with Gasteiger partial charge in [0.1, 0.15) is 0 Å². The van der Waals surface area contributed by atoms with Crippen molar-refractivity contribution in [1.29, 1.82) is 0 Å². The van der Waals surface area contributed by atoms with Gasteiger partial charge in [0.2, 0.25) is 0 Å². The van der Waals surface area contributed by atoms with Crippen molar-refractivity contribution < 1.29 is 5.11 Å². The number of rotatable bonds is 7. The van der Waals surface area contributed by atoms with E-state index in [0.717, 1.165) is 22.5 Å². The zero-order chi connectivity index (χ0) is 26.1. The van der Waals surface area contributed by atoms with Crippen molar-refractivity contribution in [3.05, 3.63) is 126 Å². The number of benzene rings is 5. The van der Waals surface area contributed by atoms with Crippen LogP contribution in [0.15, 0.2) is 115 Å². The SMILES string of the molecule is Cc1cccc(NC[C@H](O)Cn2c(-c3ccccc3)c(-c3ccccc3)c3ccc4ccccc4c32)c1C. The van der Waals surface area contributed by atoms with Crippen molar-refractivity contribution in [2.75, 3.05) is 11.9 Å². The van der Waals surface area contributed by atoms with Crippen molar-refractivity contribution in [3.8, 4) is 22.4 Å². The fourth-order valence-corrected chi connectivity index (χ4v) is 5.54. The molecule has 0 fully saturated rings. The third-order valence-corrected chi connectivity index (χ3v) is 7.58. The van der Waals surface area contributed by atoms with E-state index in [9.17, 15) is 5.11 Å². The van der Waals surface area contributed by atoms with Crippen LogP contribution in [-0.4, -0.2) is 22.3 Å². The maximum absolute atomic E-state index is 11.4. The molecule has 0 amide bonds. The number of fused-ring (bicyclic) bond motifs is 3. The Bertz CT molecular complexity index is 1720. The average molecular weight is 497 g/mol. The summed E-state index contributed by atoms with van der Waals surface area (Å²) in [7, 11) is 0. The number of hydrogen-bond acceptors (Lipinski definition) is 2. The number of aryl methyl sites for hydroxylation is 1. The number of hydrogen-bond donors (Lipinski definition) is 2. The number of anilines is 1. The van der Waals surface area contributed by atoms with Gasteiger partial charge in [-0.2, -0.15) is 0 Å². The Morgan fingerprint density at radius 3 is 2.13 bits per heavy atom. The van der Waals surface area contributed by atoms with Gasteiger partial charge >= 0.3 is 0 Å². The molecule has 0 saturated carbocycles. The minimum atomic E-state index is -0.587. The number of nitrogens with zero attached hydrogens (tertiary/aromatic N) is 1. The maximum Gasteiger partial charge on any atom is 0.0891 e. The third-order valence-electron chi connectivity index (χ3n) is 7.58. The fourth-order valence-electron chi connectivity index (χ4n) is 5.54. The van der Waals surface area contributed by atoms with Gasteiger partial charge in [-0.25, -0.2) is 0 Å². The molecule has 188 valence electrons. The summed E-state index contributed by atoms with van der Waals surface area (Å²) in [6, 6.07) is 40.4. The molecule has 0 aliphatic rings. The first-order chi connectivity index (χ1) is 18.6. The number of nitrogens with one attached hydrogen (secondary N) is 1. The summed E-state index contributed by atoms with van der Waals surface area (Å²) in [6.07, 6.45) is -0.587. The molecule has 3 nitrogen and oxygen atoms in total. The Morgan fingerprint density at radius 2 is 1.37 bits per heavy atom. The lowest BCUT2D eigenvalue weighted by molar-refractivity contribution is 0.169. The minimum absolute atomic E-state index is 0.462. The normalized spacial score (nSPS) is 12.2. The highest BCUT2D eigenvalue weighted by Crippen LogP contribution is 2.43. The van der Waals surface area contributed by atoms with Crippen molar-refractivity contribution in [2.24, 2.45) is 0 Å². The second kappa shape index (κ2) is 10.2. The van der Waals surface area contributed by atoms with Crippen LogP contribution in [0.3, 0.4) is 0 Å². The molecule has 6 aromatic rings. The summed E-state index contributed by atoms with van der Waals surface area (Å²) < 4.78 is 2.34. The quantitative estimate of drug-likeness (QED) is 0.234. The van der Waals surface area contributed by atoms with E-state index in [1.165, 1.54) is 38.4 Å². The molecule has 0 saturated heterocycles. The van der Waals surface area contributed by atoms with Crippen LogP contribution in [-0.2, 0) is 6.54 Å². The van der Waals surface area contributed by atoms with Gasteiger partial charge in [-0.3, -0.25) is 0 Å². The van der Waals surface area contributed by atoms with Crippen LogP contribution in [0.5, 0.6) is 0 Å². The minimum Gasteiger partial charge on any atom is -0.389 e. The van der Waals surface area contributed by atoms with Gasteiger partial charge in [0.05, 0.1) is 23.9 Å². The Labute approximate surface area is 224 Å². The van der Waals surface area contributed by atoms with Crippen LogP contribution < -0.4 is 5.32 Å². The van der Waals surface area contributed by atoms with Crippen LogP contribution in [0.4, 0.5) is 5.69 Å². The Balaban J connectivity index is 1.53. The lowest BCUT2D eigenvalue weighted by atomic mass is 9.97. The molecule has 5 aromatic carbocycles. The standard InChI is InChI=1S/C35H32N2O/c1-24-12-11-19-32(25(24)2)36-22-29(38)23-37-34(28-16-7-4-8-17-28)33(27-14-5-3-6-15-27)31-21-20-26-13-9-10-18-30(26)35(31)37/h3-21,29,36,38H,22-23H2,1-2H3/t29-/m0/s1. The monoisotopic (exact) mass is 496 g/mol. The average Bonchev–Trinajstić information content (AvgIpc) is 3.29. The highest BCUT2D eigenvalue weighted by molar-refractivity contribution is 6.15.